The molecule has 1 aliphatic carbocycles. The van der Waals surface area contributed by atoms with Crippen molar-refractivity contribution in [1.82, 2.24) is 4.31 Å². The van der Waals surface area contributed by atoms with E-state index in [1.165, 1.54) is 6.42 Å². The molecule has 14 heavy (non-hydrogen) atoms. The minimum absolute atomic E-state index is 0.235. The molecule has 1 heterocycles. The number of hydrogen-bond acceptors (Lipinski definition) is 2. The summed E-state index contributed by atoms with van der Waals surface area (Å²) in [6, 6.07) is 0.337. The van der Waals surface area contributed by atoms with Crippen molar-refractivity contribution in [2.24, 2.45) is 11.8 Å². The monoisotopic (exact) mass is 217 g/mol. The van der Waals surface area contributed by atoms with E-state index < -0.39 is 10.0 Å². The second-order valence-corrected chi connectivity index (χ2v) is 7.04. The average Bonchev–Trinajstić information content (AvgIpc) is 2.60. The second kappa shape index (κ2) is 3.49. The predicted octanol–water partition coefficient (Wildman–Crippen LogP) is 1.46. The van der Waals surface area contributed by atoms with E-state index in [0.717, 1.165) is 19.4 Å². The maximum atomic E-state index is 12.0. The quantitative estimate of drug-likeness (QED) is 0.717. The van der Waals surface area contributed by atoms with Crippen molar-refractivity contribution in [3.8, 4) is 0 Å². The van der Waals surface area contributed by atoms with Crippen molar-refractivity contribution in [3.63, 3.8) is 0 Å². The molecule has 0 aromatic carbocycles. The lowest BCUT2D eigenvalue weighted by Crippen LogP contribution is -2.39. The Hall–Kier alpha value is -0.0900. The molecule has 2 unspecified atom stereocenters. The second-order valence-electron chi connectivity index (χ2n) is 5.07. The minimum Gasteiger partial charge on any atom is -0.212 e. The van der Waals surface area contributed by atoms with Crippen LogP contribution in [0.1, 0.15) is 33.1 Å². The maximum Gasteiger partial charge on any atom is 0.214 e. The van der Waals surface area contributed by atoms with Gasteiger partial charge in [-0.1, -0.05) is 13.8 Å². The lowest BCUT2D eigenvalue weighted by atomic mass is 10.1. The highest BCUT2D eigenvalue weighted by molar-refractivity contribution is 7.89. The smallest absolute Gasteiger partial charge is 0.212 e. The molecule has 2 bridgehead atoms. The maximum absolute atomic E-state index is 12.0. The van der Waals surface area contributed by atoms with Crippen molar-refractivity contribution < 1.29 is 8.42 Å². The topological polar surface area (TPSA) is 37.4 Å². The molecule has 0 radical (unpaired) electrons. The normalized spacial score (nSPS) is 33.1. The highest BCUT2D eigenvalue weighted by atomic mass is 32.2. The summed E-state index contributed by atoms with van der Waals surface area (Å²) in [7, 11) is -2.96. The summed E-state index contributed by atoms with van der Waals surface area (Å²) in [5.41, 5.74) is 0. The molecule has 2 rings (SSSR count). The number of nitrogens with zero attached hydrogens (tertiary/aromatic N) is 1. The molecule has 82 valence electrons. The van der Waals surface area contributed by atoms with Gasteiger partial charge in [0, 0.05) is 12.6 Å². The third-order valence-electron chi connectivity index (χ3n) is 3.26. The lowest BCUT2D eigenvalue weighted by Gasteiger charge is -2.26. The largest absolute Gasteiger partial charge is 0.214 e. The van der Waals surface area contributed by atoms with Gasteiger partial charge in [0.2, 0.25) is 10.0 Å². The summed E-state index contributed by atoms with van der Waals surface area (Å²) in [5.74, 6) is 1.21. The summed E-state index contributed by atoms with van der Waals surface area (Å²) in [5, 5.41) is 0. The summed E-state index contributed by atoms with van der Waals surface area (Å²) < 4.78 is 25.7. The van der Waals surface area contributed by atoms with Crippen molar-refractivity contribution in [2.45, 2.75) is 39.2 Å². The number of hydrogen-bond donors (Lipinski definition) is 0. The van der Waals surface area contributed by atoms with E-state index in [2.05, 4.69) is 0 Å². The van der Waals surface area contributed by atoms with Crippen LogP contribution >= 0.6 is 0 Å². The van der Waals surface area contributed by atoms with Gasteiger partial charge in [0.15, 0.2) is 0 Å². The molecule has 0 aromatic rings. The van der Waals surface area contributed by atoms with Gasteiger partial charge in [0.05, 0.1) is 5.75 Å². The van der Waals surface area contributed by atoms with Crippen LogP contribution < -0.4 is 0 Å². The molecule has 3 nitrogen and oxygen atoms in total. The number of sulfonamides is 1. The Kier molecular flexibility index (Phi) is 2.60. The Bertz CT molecular complexity index is 310. The summed E-state index contributed by atoms with van der Waals surface area (Å²) in [6.07, 6.45) is 3.43. The molecule has 2 atom stereocenters. The van der Waals surface area contributed by atoms with E-state index in [4.69, 9.17) is 0 Å². The standard InChI is InChI=1S/C10H19NO2S/c1-8(2)7-14(12,13)11-6-9-3-4-10(11)5-9/h8-10H,3-7H2,1-2H3. The van der Waals surface area contributed by atoms with Crippen LogP contribution in [0.15, 0.2) is 0 Å². The summed E-state index contributed by atoms with van der Waals surface area (Å²) >= 11 is 0. The van der Waals surface area contributed by atoms with Gasteiger partial charge in [0.25, 0.3) is 0 Å². The predicted molar refractivity (Wildman–Crippen MR) is 56.5 cm³/mol. The zero-order chi connectivity index (χ0) is 10.3. The Morgan fingerprint density at radius 2 is 2.07 bits per heavy atom. The minimum atomic E-state index is -2.96. The van der Waals surface area contributed by atoms with Gasteiger partial charge in [-0.3, -0.25) is 0 Å². The van der Waals surface area contributed by atoms with E-state index >= 15 is 0 Å². The lowest BCUT2D eigenvalue weighted by molar-refractivity contribution is 0.331. The van der Waals surface area contributed by atoms with Crippen molar-refractivity contribution in [1.29, 1.82) is 0 Å². The molecular weight excluding hydrogens is 198 g/mol. The Labute approximate surface area is 86.5 Å². The van der Waals surface area contributed by atoms with Crippen molar-refractivity contribution >= 4 is 10.0 Å². The van der Waals surface area contributed by atoms with Crippen molar-refractivity contribution in [2.75, 3.05) is 12.3 Å². The molecule has 0 aromatic heterocycles. The highest BCUT2D eigenvalue weighted by Gasteiger charge is 2.43. The number of fused-ring (bicyclic) bond motifs is 2. The van der Waals surface area contributed by atoms with Crippen LogP contribution in [0.25, 0.3) is 0 Å². The van der Waals surface area contributed by atoms with Crippen LogP contribution in [0.3, 0.4) is 0 Å². The Morgan fingerprint density at radius 3 is 2.50 bits per heavy atom. The first-order chi connectivity index (χ1) is 6.49. The van der Waals surface area contributed by atoms with Gasteiger partial charge >= 0.3 is 0 Å². The first kappa shape index (κ1) is 10.4. The first-order valence-electron chi connectivity index (χ1n) is 5.48. The van der Waals surface area contributed by atoms with E-state index in [1.807, 2.05) is 13.8 Å². The number of piperidine rings is 1. The fourth-order valence-corrected chi connectivity index (χ4v) is 4.85. The zero-order valence-electron chi connectivity index (χ0n) is 8.94. The summed E-state index contributed by atoms with van der Waals surface area (Å²) in [4.78, 5) is 0. The Morgan fingerprint density at radius 1 is 1.36 bits per heavy atom. The van der Waals surface area contributed by atoms with Gasteiger partial charge < -0.3 is 0 Å². The summed E-state index contributed by atoms with van der Waals surface area (Å²) in [6.45, 7) is 4.72. The average molecular weight is 217 g/mol. The fraction of sp³-hybridized carbons (Fsp3) is 1.00. The number of rotatable bonds is 3. The molecule has 0 spiro atoms. The molecule has 4 heteroatoms. The molecular formula is C10H19NO2S. The molecule has 2 aliphatic rings. The Balaban J connectivity index is 2.08. The van der Waals surface area contributed by atoms with E-state index in [1.54, 1.807) is 4.31 Å². The molecule has 0 amide bonds. The van der Waals surface area contributed by atoms with Gasteiger partial charge in [-0.25, -0.2) is 8.42 Å². The van der Waals surface area contributed by atoms with Crippen LogP contribution in [0, 0.1) is 11.8 Å². The van der Waals surface area contributed by atoms with Gasteiger partial charge in [-0.2, -0.15) is 4.31 Å². The molecule has 1 aliphatic heterocycles. The zero-order valence-corrected chi connectivity index (χ0v) is 9.76. The van der Waals surface area contributed by atoms with Crippen LogP contribution in [0.4, 0.5) is 0 Å². The third kappa shape index (κ3) is 1.82. The van der Waals surface area contributed by atoms with E-state index in [9.17, 15) is 8.42 Å². The van der Waals surface area contributed by atoms with Crippen LogP contribution in [-0.4, -0.2) is 31.1 Å². The SMILES string of the molecule is CC(C)CS(=O)(=O)N1CC2CCC1C2. The third-order valence-corrected chi connectivity index (χ3v) is 5.51. The van der Waals surface area contributed by atoms with Crippen LogP contribution in [0.2, 0.25) is 0 Å². The highest BCUT2D eigenvalue weighted by Crippen LogP contribution is 2.39. The fourth-order valence-electron chi connectivity index (χ4n) is 2.74. The van der Waals surface area contributed by atoms with Gasteiger partial charge in [-0.15, -0.1) is 0 Å². The van der Waals surface area contributed by atoms with Gasteiger partial charge in [0.1, 0.15) is 0 Å². The van der Waals surface area contributed by atoms with Crippen molar-refractivity contribution in [3.05, 3.63) is 0 Å². The van der Waals surface area contributed by atoms with Crippen LogP contribution in [0.5, 0.6) is 0 Å². The molecule has 0 N–H and O–H groups in total. The molecule has 1 saturated heterocycles. The molecule has 2 fully saturated rings. The first-order valence-corrected chi connectivity index (χ1v) is 7.09. The van der Waals surface area contributed by atoms with Crippen LogP contribution in [-0.2, 0) is 10.0 Å². The van der Waals surface area contributed by atoms with E-state index in [-0.39, 0.29) is 5.92 Å². The van der Waals surface area contributed by atoms with Gasteiger partial charge in [-0.05, 0) is 31.1 Å². The van der Waals surface area contributed by atoms with E-state index in [0.29, 0.717) is 17.7 Å². The molecule has 1 saturated carbocycles.